The third-order valence-corrected chi connectivity index (χ3v) is 2.08. The summed E-state index contributed by atoms with van der Waals surface area (Å²) in [6, 6.07) is 5.23. The van der Waals surface area contributed by atoms with E-state index in [2.05, 4.69) is 5.16 Å². The van der Waals surface area contributed by atoms with Crippen molar-refractivity contribution >= 4 is 17.3 Å². The second-order valence-corrected chi connectivity index (χ2v) is 3.93. The average Bonchev–Trinajstić information content (AvgIpc) is 2.19. The Kier molecular flexibility index (Phi) is 3.97. The molecule has 0 heterocycles. The zero-order valence-electron chi connectivity index (χ0n) is 8.99. The first-order valence-corrected chi connectivity index (χ1v) is 5.07. The first-order chi connectivity index (χ1) is 7.04. The Labute approximate surface area is 94.3 Å². The van der Waals surface area contributed by atoms with Gasteiger partial charge in [-0.05, 0) is 39.0 Å². The van der Waals surface area contributed by atoms with Gasteiger partial charge in [-0.1, -0.05) is 16.8 Å². The smallest absolute Gasteiger partial charge is 0.128 e. The number of oxime groups is 1. The summed E-state index contributed by atoms with van der Waals surface area (Å²) < 4.78 is 5.57. The van der Waals surface area contributed by atoms with E-state index in [1.165, 1.54) is 0 Å². The van der Waals surface area contributed by atoms with Crippen LogP contribution in [0, 0.1) is 0 Å². The first-order valence-electron chi connectivity index (χ1n) is 4.70. The maximum absolute atomic E-state index is 8.73. The fourth-order valence-corrected chi connectivity index (χ4v) is 1.37. The van der Waals surface area contributed by atoms with Gasteiger partial charge in [-0.15, -0.1) is 0 Å². The fourth-order valence-electron chi connectivity index (χ4n) is 1.20. The maximum atomic E-state index is 8.73. The van der Waals surface area contributed by atoms with E-state index < -0.39 is 0 Å². The first kappa shape index (κ1) is 11.9. The van der Waals surface area contributed by atoms with Crippen LogP contribution in [0.25, 0.3) is 0 Å². The van der Waals surface area contributed by atoms with Crippen LogP contribution in [0.3, 0.4) is 0 Å². The normalized spacial score (nSPS) is 11.9. The molecular formula is C11H14ClNO2. The molecule has 1 aromatic carbocycles. The van der Waals surface area contributed by atoms with E-state index >= 15 is 0 Å². The standard InChI is InChI=1S/C11H14ClNO2/c1-7(2)15-11-5-4-9(12)6-10(11)8(3)13-14/h4-7,14H,1-3H3/b13-8+. The number of rotatable bonds is 3. The van der Waals surface area contributed by atoms with Crippen molar-refractivity contribution in [2.75, 3.05) is 0 Å². The lowest BCUT2D eigenvalue weighted by molar-refractivity contribution is 0.241. The number of ether oxygens (including phenoxy) is 1. The highest BCUT2D eigenvalue weighted by molar-refractivity contribution is 6.31. The summed E-state index contributed by atoms with van der Waals surface area (Å²) >= 11 is 5.86. The predicted molar refractivity (Wildman–Crippen MR) is 61.2 cm³/mol. The van der Waals surface area contributed by atoms with E-state index in [0.29, 0.717) is 22.0 Å². The topological polar surface area (TPSA) is 41.8 Å². The number of hydrogen-bond acceptors (Lipinski definition) is 3. The van der Waals surface area contributed by atoms with E-state index in [1.807, 2.05) is 13.8 Å². The van der Waals surface area contributed by atoms with Gasteiger partial charge < -0.3 is 9.94 Å². The van der Waals surface area contributed by atoms with Crippen LogP contribution in [0.15, 0.2) is 23.4 Å². The predicted octanol–water partition coefficient (Wildman–Crippen LogP) is 3.33. The van der Waals surface area contributed by atoms with E-state index in [0.717, 1.165) is 0 Å². The van der Waals surface area contributed by atoms with Gasteiger partial charge in [0.15, 0.2) is 0 Å². The molecular weight excluding hydrogens is 214 g/mol. The number of hydrogen-bond donors (Lipinski definition) is 1. The molecule has 0 aliphatic rings. The van der Waals surface area contributed by atoms with Crippen LogP contribution in [-0.4, -0.2) is 17.0 Å². The molecule has 0 spiro atoms. The highest BCUT2D eigenvalue weighted by atomic mass is 35.5. The molecule has 0 unspecified atom stereocenters. The van der Waals surface area contributed by atoms with Gasteiger partial charge in [-0.25, -0.2) is 0 Å². The Bertz CT molecular complexity index is 375. The summed E-state index contributed by atoms with van der Waals surface area (Å²) in [5.41, 5.74) is 1.19. The molecule has 0 aliphatic heterocycles. The van der Waals surface area contributed by atoms with Gasteiger partial charge in [0.2, 0.25) is 0 Å². The largest absolute Gasteiger partial charge is 0.490 e. The van der Waals surface area contributed by atoms with E-state index in [4.69, 9.17) is 21.5 Å². The van der Waals surface area contributed by atoms with Crippen molar-refractivity contribution in [3.8, 4) is 5.75 Å². The van der Waals surface area contributed by atoms with Crippen molar-refractivity contribution in [2.24, 2.45) is 5.16 Å². The van der Waals surface area contributed by atoms with E-state index in [1.54, 1.807) is 25.1 Å². The zero-order valence-corrected chi connectivity index (χ0v) is 9.75. The van der Waals surface area contributed by atoms with Crippen LogP contribution in [-0.2, 0) is 0 Å². The van der Waals surface area contributed by atoms with E-state index in [9.17, 15) is 0 Å². The molecule has 1 N–H and O–H groups in total. The van der Waals surface area contributed by atoms with Gasteiger partial charge in [-0.2, -0.15) is 0 Å². The molecule has 0 fully saturated rings. The van der Waals surface area contributed by atoms with Gasteiger partial charge in [0.25, 0.3) is 0 Å². The minimum absolute atomic E-state index is 0.0661. The minimum Gasteiger partial charge on any atom is -0.490 e. The molecule has 0 radical (unpaired) electrons. The molecule has 0 atom stereocenters. The fraction of sp³-hybridized carbons (Fsp3) is 0.364. The van der Waals surface area contributed by atoms with Crippen molar-refractivity contribution < 1.29 is 9.94 Å². The SMILES string of the molecule is C/C(=N\O)c1cc(Cl)ccc1OC(C)C. The summed E-state index contributed by atoms with van der Waals surface area (Å²) in [7, 11) is 0. The number of benzene rings is 1. The van der Waals surface area contributed by atoms with Crippen LogP contribution in [0.1, 0.15) is 26.3 Å². The lowest BCUT2D eigenvalue weighted by atomic mass is 10.1. The van der Waals surface area contributed by atoms with Crippen molar-refractivity contribution in [1.29, 1.82) is 0 Å². The molecule has 0 aliphatic carbocycles. The van der Waals surface area contributed by atoms with Crippen LogP contribution in [0.4, 0.5) is 0 Å². The maximum Gasteiger partial charge on any atom is 0.128 e. The molecule has 0 saturated heterocycles. The summed E-state index contributed by atoms with van der Waals surface area (Å²) in [4.78, 5) is 0. The highest BCUT2D eigenvalue weighted by Gasteiger charge is 2.09. The van der Waals surface area contributed by atoms with Gasteiger partial charge in [-0.3, -0.25) is 0 Å². The third-order valence-electron chi connectivity index (χ3n) is 1.84. The molecule has 1 rings (SSSR count). The summed E-state index contributed by atoms with van der Waals surface area (Å²) in [5.74, 6) is 0.671. The molecule has 82 valence electrons. The molecule has 4 heteroatoms. The summed E-state index contributed by atoms with van der Waals surface area (Å²) in [6.07, 6.45) is 0.0661. The quantitative estimate of drug-likeness (QED) is 0.489. The monoisotopic (exact) mass is 227 g/mol. The number of nitrogens with zero attached hydrogens (tertiary/aromatic N) is 1. The second-order valence-electron chi connectivity index (χ2n) is 3.49. The van der Waals surface area contributed by atoms with Crippen molar-refractivity contribution in [3.63, 3.8) is 0 Å². The molecule has 0 amide bonds. The molecule has 3 nitrogen and oxygen atoms in total. The molecule has 0 bridgehead atoms. The zero-order chi connectivity index (χ0) is 11.4. The van der Waals surface area contributed by atoms with Crippen molar-refractivity contribution in [1.82, 2.24) is 0 Å². The Balaban J connectivity index is 3.14. The van der Waals surface area contributed by atoms with Gasteiger partial charge in [0, 0.05) is 10.6 Å². The van der Waals surface area contributed by atoms with Crippen LogP contribution in [0.2, 0.25) is 5.02 Å². The summed E-state index contributed by atoms with van der Waals surface area (Å²) in [6.45, 7) is 5.56. The minimum atomic E-state index is 0.0661. The van der Waals surface area contributed by atoms with Gasteiger partial charge in [0.05, 0.1) is 11.8 Å². The Morgan fingerprint density at radius 3 is 2.67 bits per heavy atom. The number of halogens is 1. The molecule has 0 saturated carbocycles. The Morgan fingerprint density at radius 1 is 1.47 bits per heavy atom. The van der Waals surface area contributed by atoms with E-state index in [-0.39, 0.29) is 6.10 Å². The van der Waals surface area contributed by atoms with Crippen LogP contribution >= 0.6 is 11.6 Å². The van der Waals surface area contributed by atoms with Crippen molar-refractivity contribution in [3.05, 3.63) is 28.8 Å². The third kappa shape index (κ3) is 3.13. The highest BCUT2D eigenvalue weighted by Crippen LogP contribution is 2.24. The van der Waals surface area contributed by atoms with Gasteiger partial charge in [0.1, 0.15) is 5.75 Å². The molecule has 0 aromatic heterocycles. The molecule has 1 aromatic rings. The Morgan fingerprint density at radius 2 is 2.13 bits per heavy atom. The lowest BCUT2D eigenvalue weighted by Gasteiger charge is -2.13. The van der Waals surface area contributed by atoms with Crippen LogP contribution < -0.4 is 4.74 Å². The Hall–Kier alpha value is -1.22. The summed E-state index contributed by atoms with van der Waals surface area (Å²) in [5, 5.41) is 12.5. The average molecular weight is 228 g/mol. The van der Waals surface area contributed by atoms with Crippen molar-refractivity contribution in [2.45, 2.75) is 26.9 Å². The molecule has 15 heavy (non-hydrogen) atoms. The van der Waals surface area contributed by atoms with Crippen LogP contribution in [0.5, 0.6) is 5.75 Å². The second kappa shape index (κ2) is 5.03. The lowest BCUT2D eigenvalue weighted by Crippen LogP contribution is -2.09. The van der Waals surface area contributed by atoms with Gasteiger partial charge >= 0.3 is 0 Å².